The fraction of sp³-hybridized carbons (Fsp3) is 0.455. The molecular weight excluding hydrogens is 244 g/mol. The molecule has 94 valence electrons. The van der Waals surface area contributed by atoms with Gasteiger partial charge in [-0.2, -0.15) is 0 Å². The van der Waals surface area contributed by atoms with Crippen LogP contribution >= 0.6 is 11.6 Å². The molecule has 0 atom stereocenters. The number of nitrogens with zero attached hydrogens (tertiary/aromatic N) is 2. The van der Waals surface area contributed by atoms with Crippen molar-refractivity contribution < 1.29 is 9.66 Å². The van der Waals surface area contributed by atoms with Crippen molar-refractivity contribution in [1.29, 1.82) is 0 Å². The van der Waals surface area contributed by atoms with Gasteiger partial charge in [0.1, 0.15) is 0 Å². The van der Waals surface area contributed by atoms with E-state index in [-0.39, 0.29) is 5.69 Å². The zero-order valence-corrected chi connectivity index (χ0v) is 10.6. The lowest BCUT2D eigenvalue weighted by atomic mass is 10.2. The average molecular weight is 259 g/mol. The van der Waals surface area contributed by atoms with Crippen LogP contribution in [0.5, 0.6) is 0 Å². The molecule has 0 heterocycles. The van der Waals surface area contributed by atoms with Crippen molar-refractivity contribution >= 4 is 17.3 Å². The highest BCUT2D eigenvalue weighted by molar-refractivity contribution is 6.31. The van der Waals surface area contributed by atoms with E-state index in [0.29, 0.717) is 18.2 Å². The number of hydrogen-bond donors (Lipinski definition) is 0. The predicted octanol–water partition coefficient (Wildman–Crippen LogP) is 2.33. The second-order valence-electron chi connectivity index (χ2n) is 3.76. The first kappa shape index (κ1) is 13.9. The third-order valence-electron chi connectivity index (χ3n) is 2.36. The maximum atomic E-state index is 10.7. The summed E-state index contributed by atoms with van der Waals surface area (Å²) in [5.74, 6) is 0. The summed E-state index contributed by atoms with van der Waals surface area (Å²) in [5, 5.41) is 11.2. The summed E-state index contributed by atoms with van der Waals surface area (Å²) >= 11 is 6.00. The van der Waals surface area contributed by atoms with Gasteiger partial charge in [-0.3, -0.25) is 15.0 Å². The third kappa shape index (κ3) is 4.30. The van der Waals surface area contributed by atoms with E-state index in [1.54, 1.807) is 13.2 Å². The van der Waals surface area contributed by atoms with E-state index >= 15 is 0 Å². The molecule has 17 heavy (non-hydrogen) atoms. The largest absolute Gasteiger partial charge is 0.383 e. The van der Waals surface area contributed by atoms with E-state index in [1.807, 2.05) is 11.9 Å². The summed E-state index contributed by atoms with van der Waals surface area (Å²) in [7, 11) is 3.54. The van der Waals surface area contributed by atoms with Crippen LogP contribution in [-0.2, 0) is 11.3 Å². The first-order valence-electron chi connectivity index (χ1n) is 5.15. The van der Waals surface area contributed by atoms with Crippen molar-refractivity contribution in [2.24, 2.45) is 0 Å². The van der Waals surface area contributed by atoms with E-state index in [4.69, 9.17) is 16.3 Å². The van der Waals surface area contributed by atoms with E-state index in [1.165, 1.54) is 12.1 Å². The Hall–Kier alpha value is -1.17. The third-order valence-corrected chi connectivity index (χ3v) is 2.73. The van der Waals surface area contributed by atoms with E-state index in [9.17, 15) is 10.1 Å². The minimum atomic E-state index is -0.422. The van der Waals surface area contributed by atoms with Crippen LogP contribution in [0.2, 0.25) is 5.02 Å². The number of hydrogen-bond acceptors (Lipinski definition) is 4. The summed E-state index contributed by atoms with van der Waals surface area (Å²) in [6, 6.07) is 4.46. The van der Waals surface area contributed by atoms with Crippen LogP contribution in [0.4, 0.5) is 5.69 Å². The van der Waals surface area contributed by atoms with Crippen molar-refractivity contribution in [3.63, 3.8) is 0 Å². The van der Waals surface area contributed by atoms with Crippen LogP contribution < -0.4 is 0 Å². The molecule has 6 heteroatoms. The van der Waals surface area contributed by atoms with Crippen molar-refractivity contribution in [2.75, 3.05) is 27.3 Å². The predicted molar refractivity (Wildman–Crippen MR) is 66.3 cm³/mol. The molecule has 0 fully saturated rings. The molecule has 0 aliphatic carbocycles. The van der Waals surface area contributed by atoms with Gasteiger partial charge in [0, 0.05) is 37.4 Å². The Morgan fingerprint density at radius 3 is 2.82 bits per heavy atom. The number of ether oxygens (including phenoxy) is 1. The number of nitro benzene ring substituents is 1. The molecular formula is C11H15ClN2O3. The van der Waals surface area contributed by atoms with Crippen LogP contribution in [0, 0.1) is 10.1 Å². The van der Waals surface area contributed by atoms with Crippen LogP contribution in [0.1, 0.15) is 5.56 Å². The molecule has 0 aliphatic heterocycles. The minimum Gasteiger partial charge on any atom is -0.383 e. The van der Waals surface area contributed by atoms with Crippen LogP contribution in [0.3, 0.4) is 0 Å². The second kappa shape index (κ2) is 6.54. The molecule has 0 aliphatic rings. The zero-order valence-electron chi connectivity index (χ0n) is 9.85. The van der Waals surface area contributed by atoms with Gasteiger partial charge >= 0.3 is 0 Å². The lowest BCUT2D eigenvalue weighted by Crippen LogP contribution is -2.22. The molecule has 0 bridgehead atoms. The van der Waals surface area contributed by atoms with Crippen molar-refractivity contribution in [3.05, 3.63) is 38.9 Å². The van der Waals surface area contributed by atoms with Crippen LogP contribution in [0.15, 0.2) is 18.2 Å². The van der Waals surface area contributed by atoms with Gasteiger partial charge in [0.05, 0.1) is 11.5 Å². The van der Waals surface area contributed by atoms with E-state index in [0.717, 1.165) is 12.1 Å². The van der Waals surface area contributed by atoms with Crippen molar-refractivity contribution in [3.8, 4) is 0 Å². The normalized spacial score (nSPS) is 10.8. The molecule has 0 radical (unpaired) electrons. The number of rotatable bonds is 6. The maximum Gasteiger partial charge on any atom is 0.269 e. The highest BCUT2D eigenvalue weighted by Crippen LogP contribution is 2.22. The Morgan fingerprint density at radius 1 is 1.53 bits per heavy atom. The quantitative estimate of drug-likeness (QED) is 0.580. The Balaban J connectivity index is 2.75. The molecule has 0 saturated carbocycles. The monoisotopic (exact) mass is 258 g/mol. The highest BCUT2D eigenvalue weighted by Gasteiger charge is 2.11. The molecule has 0 aromatic heterocycles. The maximum absolute atomic E-state index is 10.7. The fourth-order valence-corrected chi connectivity index (χ4v) is 1.59. The topological polar surface area (TPSA) is 55.6 Å². The van der Waals surface area contributed by atoms with Gasteiger partial charge in [-0.15, -0.1) is 0 Å². The number of nitro groups is 1. The van der Waals surface area contributed by atoms with Gasteiger partial charge in [0.25, 0.3) is 5.69 Å². The summed E-state index contributed by atoms with van der Waals surface area (Å²) in [4.78, 5) is 12.2. The lowest BCUT2D eigenvalue weighted by molar-refractivity contribution is -0.384. The van der Waals surface area contributed by atoms with Crippen molar-refractivity contribution in [1.82, 2.24) is 4.90 Å². The van der Waals surface area contributed by atoms with Crippen LogP contribution in [-0.4, -0.2) is 37.1 Å². The summed E-state index contributed by atoms with van der Waals surface area (Å²) in [5.41, 5.74) is 0.809. The van der Waals surface area contributed by atoms with Gasteiger partial charge in [0.2, 0.25) is 0 Å². The summed E-state index contributed by atoms with van der Waals surface area (Å²) in [6.07, 6.45) is 0. The fourth-order valence-electron chi connectivity index (χ4n) is 1.41. The number of non-ortho nitro benzene ring substituents is 1. The van der Waals surface area contributed by atoms with Crippen molar-refractivity contribution in [2.45, 2.75) is 6.54 Å². The number of benzene rings is 1. The minimum absolute atomic E-state index is 0.0598. The SMILES string of the molecule is COCCN(C)Cc1cc([N+](=O)[O-])ccc1Cl. The summed E-state index contributed by atoms with van der Waals surface area (Å²) < 4.78 is 4.96. The Labute approximate surface area is 105 Å². The standard InChI is InChI=1S/C11H15ClN2O3/c1-13(5-6-17-2)8-9-7-10(14(15)16)3-4-11(9)12/h3-4,7H,5-6,8H2,1-2H3. The zero-order chi connectivity index (χ0) is 12.8. The van der Waals surface area contributed by atoms with E-state index in [2.05, 4.69) is 0 Å². The van der Waals surface area contributed by atoms with Crippen LogP contribution in [0.25, 0.3) is 0 Å². The Bertz CT molecular complexity index is 398. The molecule has 5 nitrogen and oxygen atoms in total. The number of likely N-dealkylation sites (N-methyl/N-ethyl adjacent to an activating group) is 1. The average Bonchev–Trinajstić information content (AvgIpc) is 2.29. The number of methoxy groups -OCH3 is 1. The first-order valence-corrected chi connectivity index (χ1v) is 5.52. The lowest BCUT2D eigenvalue weighted by Gasteiger charge is -2.16. The molecule has 1 aromatic rings. The Kier molecular flexibility index (Phi) is 5.34. The van der Waals surface area contributed by atoms with Gasteiger partial charge in [-0.25, -0.2) is 0 Å². The molecule has 0 amide bonds. The number of halogens is 1. The first-order chi connectivity index (χ1) is 8.04. The van der Waals surface area contributed by atoms with Gasteiger partial charge < -0.3 is 4.74 Å². The molecule has 0 unspecified atom stereocenters. The molecule has 1 aromatic carbocycles. The smallest absolute Gasteiger partial charge is 0.269 e. The Morgan fingerprint density at radius 2 is 2.24 bits per heavy atom. The second-order valence-corrected chi connectivity index (χ2v) is 4.17. The molecule has 0 saturated heterocycles. The molecule has 1 rings (SSSR count). The molecule has 0 N–H and O–H groups in total. The highest BCUT2D eigenvalue weighted by atomic mass is 35.5. The summed E-state index contributed by atoms with van der Waals surface area (Å²) in [6.45, 7) is 1.92. The van der Waals surface area contributed by atoms with Gasteiger partial charge in [-0.05, 0) is 18.7 Å². The van der Waals surface area contributed by atoms with Gasteiger partial charge in [-0.1, -0.05) is 11.6 Å². The van der Waals surface area contributed by atoms with E-state index < -0.39 is 4.92 Å². The molecule has 0 spiro atoms. The van der Waals surface area contributed by atoms with Gasteiger partial charge in [0.15, 0.2) is 0 Å².